The van der Waals surface area contributed by atoms with Gasteiger partial charge in [0.2, 0.25) is 0 Å². The van der Waals surface area contributed by atoms with Crippen LogP contribution in [0, 0.1) is 6.92 Å². The van der Waals surface area contributed by atoms with Gasteiger partial charge in [-0.05, 0) is 73.0 Å². The summed E-state index contributed by atoms with van der Waals surface area (Å²) in [4.78, 5) is 12.7. The summed E-state index contributed by atoms with van der Waals surface area (Å²) in [6, 6.07) is 15.4. The molecule has 0 aliphatic rings. The van der Waals surface area contributed by atoms with Crippen LogP contribution in [-0.4, -0.2) is 27.4 Å². The van der Waals surface area contributed by atoms with Crippen LogP contribution >= 0.6 is 11.3 Å². The molecule has 0 radical (unpaired) electrons. The summed E-state index contributed by atoms with van der Waals surface area (Å²) >= 11 is 1.62. The fourth-order valence-electron chi connectivity index (χ4n) is 2.97. The number of nitrogens with zero attached hydrogens (tertiary/aromatic N) is 1. The molecule has 0 bridgehead atoms. The monoisotopic (exact) mass is 428 g/mol. The molecule has 152 valence electrons. The first-order valence-electron chi connectivity index (χ1n) is 9.25. The van der Waals surface area contributed by atoms with Crippen LogP contribution in [-0.2, 0) is 16.4 Å². The first kappa shape index (κ1) is 21.1. The lowest BCUT2D eigenvalue weighted by atomic mass is 10.1. The number of sulfonamides is 1. The third-order valence-electron chi connectivity index (χ3n) is 4.65. The van der Waals surface area contributed by atoms with E-state index in [1.54, 1.807) is 35.6 Å². The molecule has 0 saturated carbocycles. The molecule has 0 fully saturated rings. The molecule has 7 heteroatoms. The Morgan fingerprint density at radius 3 is 2.52 bits per heavy atom. The number of hydrogen-bond acceptors (Lipinski definition) is 4. The molecular weight excluding hydrogens is 404 g/mol. The predicted molar refractivity (Wildman–Crippen MR) is 118 cm³/mol. The Labute approximate surface area is 176 Å². The van der Waals surface area contributed by atoms with E-state index in [-0.39, 0.29) is 16.8 Å². The Morgan fingerprint density at radius 2 is 1.86 bits per heavy atom. The molecule has 1 atom stereocenters. The van der Waals surface area contributed by atoms with Gasteiger partial charge < -0.3 is 5.32 Å². The Kier molecular flexibility index (Phi) is 6.39. The van der Waals surface area contributed by atoms with Crippen LogP contribution in [0.1, 0.15) is 28.4 Å². The molecule has 0 aliphatic heterocycles. The van der Waals surface area contributed by atoms with Crippen LogP contribution in [0.25, 0.3) is 0 Å². The maximum Gasteiger partial charge on any atom is 0.264 e. The molecule has 0 spiro atoms. The largest absolute Gasteiger partial charge is 0.349 e. The number of carbonyl (C=O) groups is 1. The molecule has 1 heterocycles. The van der Waals surface area contributed by atoms with Crippen LogP contribution in [0.15, 0.2) is 70.3 Å². The van der Waals surface area contributed by atoms with E-state index >= 15 is 0 Å². The summed E-state index contributed by atoms with van der Waals surface area (Å²) in [5.41, 5.74) is 3.10. The molecule has 29 heavy (non-hydrogen) atoms. The van der Waals surface area contributed by atoms with Crippen molar-refractivity contribution < 1.29 is 13.2 Å². The second kappa shape index (κ2) is 8.80. The van der Waals surface area contributed by atoms with Gasteiger partial charge in [-0.1, -0.05) is 23.8 Å². The lowest BCUT2D eigenvalue weighted by molar-refractivity contribution is 0.0940. The van der Waals surface area contributed by atoms with E-state index in [0.29, 0.717) is 11.3 Å². The van der Waals surface area contributed by atoms with Crippen LogP contribution in [0.5, 0.6) is 0 Å². The Balaban J connectivity index is 1.77. The highest BCUT2D eigenvalue weighted by Gasteiger charge is 2.22. The van der Waals surface area contributed by atoms with Gasteiger partial charge in [0.15, 0.2) is 0 Å². The molecule has 0 saturated heterocycles. The summed E-state index contributed by atoms with van der Waals surface area (Å²) in [6.45, 7) is 3.88. The topological polar surface area (TPSA) is 66.5 Å². The first-order chi connectivity index (χ1) is 13.8. The highest BCUT2D eigenvalue weighted by atomic mass is 32.2. The first-order valence-corrected chi connectivity index (χ1v) is 11.6. The standard InChI is InChI=1S/C22H24N2O3S2/c1-16-7-9-20(10-8-16)24(3)29(26,27)21-6-4-5-19(14-21)22(25)23-17(2)13-18-11-12-28-15-18/h4-12,14-15,17H,13H2,1-3H3,(H,23,25). The van der Waals surface area contributed by atoms with Crippen molar-refractivity contribution in [1.29, 1.82) is 0 Å². The molecule has 1 N–H and O–H groups in total. The maximum absolute atomic E-state index is 13.0. The van der Waals surface area contributed by atoms with Crippen molar-refractivity contribution in [3.63, 3.8) is 0 Å². The minimum atomic E-state index is -3.78. The number of rotatable bonds is 7. The Bertz CT molecular complexity index is 1080. The average molecular weight is 429 g/mol. The smallest absolute Gasteiger partial charge is 0.264 e. The van der Waals surface area contributed by atoms with Gasteiger partial charge in [-0.3, -0.25) is 9.10 Å². The van der Waals surface area contributed by atoms with Crippen molar-refractivity contribution in [3.05, 3.63) is 82.0 Å². The van der Waals surface area contributed by atoms with Gasteiger partial charge in [0.05, 0.1) is 10.6 Å². The normalized spacial score (nSPS) is 12.4. The minimum Gasteiger partial charge on any atom is -0.349 e. The molecule has 5 nitrogen and oxygen atoms in total. The second-order valence-electron chi connectivity index (χ2n) is 7.05. The molecule has 0 aliphatic carbocycles. The maximum atomic E-state index is 13.0. The number of thiophene rings is 1. The molecule has 3 aromatic rings. The summed E-state index contributed by atoms with van der Waals surface area (Å²) in [5.74, 6) is -0.289. The molecule has 1 aromatic heterocycles. The average Bonchev–Trinajstić information content (AvgIpc) is 3.21. The summed E-state index contributed by atoms with van der Waals surface area (Å²) in [6.07, 6.45) is 0.726. The quantitative estimate of drug-likeness (QED) is 0.612. The van der Waals surface area contributed by atoms with E-state index in [2.05, 4.69) is 10.7 Å². The van der Waals surface area contributed by atoms with Gasteiger partial charge >= 0.3 is 0 Å². The predicted octanol–water partition coefficient (Wildman–Crippen LogP) is 4.24. The van der Waals surface area contributed by atoms with E-state index in [0.717, 1.165) is 12.0 Å². The van der Waals surface area contributed by atoms with Crippen molar-refractivity contribution in [2.24, 2.45) is 0 Å². The number of hydrogen-bond donors (Lipinski definition) is 1. The van der Waals surface area contributed by atoms with E-state index in [9.17, 15) is 13.2 Å². The van der Waals surface area contributed by atoms with Gasteiger partial charge in [-0.2, -0.15) is 11.3 Å². The van der Waals surface area contributed by atoms with E-state index in [1.807, 2.05) is 37.4 Å². The third-order valence-corrected chi connectivity index (χ3v) is 7.17. The molecule has 3 rings (SSSR count). The van der Waals surface area contributed by atoms with Crippen molar-refractivity contribution in [1.82, 2.24) is 5.32 Å². The van der Waals surface area contributed by atoms with Gasteiger partial charge in [-0.25, -0.2) is 8.42 Å². The number of amides is 1. The van der Waals surface area contributed by atoms with Gasteiger partial charge in [0, 0.05) is 18.7 Å². The van der Waals surface area contributed by atoms with Crippen LogP contribution in [0.3, 0.4) is 0 Å². The molecule has 1 amide bonds. The summed E-state index contributed by atoms with van der Waals surface area (Å²) in [5, 5.41) is 6.99. The molecular formula is C22H24N2O3S2. The SMILES string of the molecule is Cc1ccc(N(C)S(=O)(=O)c2cccc(C(=O)NC(C)Cc3ccsc3)c2)cc1. The number of carbonyl (C=O) groups excluding carboxylic acids is 1. The van der Waals surface area contributed by atoms with Crippen molar-refractivity contribution in [2.75, 3.05) is 11.4 Å². The third kappa shape index (κ3) is 5.05. The molecule has 1 unspecified atom stereocenters. The van der Waals surface area contributed by atoms with E-state index in [4.69, 9.17) is 0 Å². The molecule has 2 aromatic carbocycles. The number of anilines is 1. The van der Waals surface area contributed by atoms with E-state index in [1.165, 1.54) is 29.0 Å². The second-order valence-corrected chi connectivity index (χ2v) is 9.80. The van der Waals surface area contributed by atoms with Gasteiger partial charge in [0.25, 0.3) is 15.9 Å². The number of aryl methyl sites for hydroxylation is 1. The highest BCUT2D eigenvalue weighted by Crippen LogP contribution is 2.23. The van der Waals surface area contributed by atoms with Crippen LogP contribution in [0.2, 0.25) is 0 Å². The van der Waals surface area contributed by atoms with Crippen LogP contribution < -0.4 is 9.62 Å². The summed E-state index contributed by atoms with van der Waals surface area (Å²) in [7, 11) is -2.27. The zero-order valence-corrected chi connectivity index (χ0v) is 18.3. The Hall–Kier alpha value is -2.64. The van der Waals surface area contributed by atoms with Crippen LogP contribution in [0.4, 0.5) is 5.69 Å². The van der Waals surface area contributed by atoms with E-state index < -0.39 is 10.0 Å². The summed E-state index contributed by atoms with van der Waals surface area (Å²) < 4.78 is 27.3. The Morgan fingerprint density at radius 1 is 1.14 bits per heavy atom. The zero-order valence-electron chi connectivity index (χ0n) is 16.6. The van der Waals surface area contributed by atoms with Crippen molar-refractivity contribution in [3.8, 4) is 0 Å². The number of nitrogens with one attached hydrogen (secondary N) is 1. The zero-order chi connectivity index (χ0) is 21.0. The van der Waals surface area contributed by atoms with Crippen molar-refractivity contribution >= 4 is 33.0 Å². The lowest BCUT2D eigenvalue weighted by Gasteiger charge is -2.20. The number of benzene rings is 2. The highest BCUT2D eigenvalue weighted by molar-refractivity contribution is 7.92. The van der Waals surface area contributed by atoms with Gasteiger partial charge in [0.1, 0.15) is 0 Å². The fraction of sp³-hybridized carbons (Fsp3) is 0.227. The van der Waals surface area contributed by atoms with Crippen molar-refractivity contribution in [2.45, 2.75) is 31.2 Å². The fourth-order valence-corrected chi connectivity index (χ4v) is 4.89. The van der Waals surface area contributed by atoms with Gasteiger partial charge in [-0.15, -0.1) is 0 Å². The minimum absolute atomic E-state index is 0.0624. The lowest BCUT2D eigenvalue weighted by Crippen LogP contribution is -2.34.